The molecule has 0 aliphatic heterocycles. The molecule has 1 aliphatic rings. The Hall–Kier alpha value is -3.10. The van der Waals surface area contributed by atoms with Gasteiger partial charge in [-0.3, -0.25) is 9.59 Å². The third-order valence-corrected chi connectivity index (χ3v) is 6.00. The summed E-state index contributed by atoms with van der Waals surface area (Å²) in [5.74, 6) is 1.41. The zero-order valence-corrected chi connectivity index (χ0v) is 21.1. The van der Waals surface area contributed by atoms with E-state index >= 15 is 0 Å². The summed E-state index contributed by atoms with van der Waals surface area (Å²) in [6.07, 6.45) is 3.98. The number of rotatable bonds is 14. The first-order chi connectivity index (χ1) is 17.6. The zero-order valence-electron chi connectivity index (χ0n) is 21.1. The molecule has 1 aliphatic carbocycles. The predicted octanol–water partition coefficient (Wildman–Crippen LogP) is 4.83. The van der Waals surface area contributed by atoms with E-state index < -0.39 is 0 Å². The van der Waals surface area contributed by atoms with Crippen LogP contribution < -0.4 is 18.9 Å². The Labute approximate surface area is 212 Å². The first-order valence-electron chi connectivity index (χ1n) is 12.5. The number of hydrogen-bond acceptors (Lipinski definition) is 8. The highest BCUT2D eigenvalue weighted by molar-refractivity contribution is 5.77. The van der Waals surface area contributed by atoms with Crippen LogP contribution in [0.2, 0.25) is 0 Å². The summed E-state index contributed by atoms with van der Waals surface area (Å²) in [5.41, 5.74) is 0. The molecule has 36 heavy (non-hydrogen) atoms. The average molecular weight is 501 g/mol. The van der Waals surface area contributed by atoms with Gasteiger partial charge in [-0.15, -0.1) is 0 Å². The highest BCUT2D eigenvalue weighted by Crippen LogP contribution is 2.32. The summed E-state index contributed by atoms with van der Waals surface area (Å²) in [7, 11) is 3.31. The van der Waals surface area contributed by atoms with Gasteiger partial charge < -0.3 is 28.4 Å². The van der Waals surface area contributed by atoms with Crippen molar-refractivity contribution in [2.75, 3.05) is 40.6 Å². The van der Waals surface area contributed by atoms with Crippen molar-refractivity contribution >= 4 is 11.9 Å². The predicted molar refractivity (Wildman–Crippen MR) is 134 cm³/mol. The lowest BCUT2D eigenvalue weighted by Crippen LogP contribution is -2.30. The Morgan fingerprint density at radius 1 is 0.583 bits per heavy atom. The lowest BCUT2D eigenvalue weighted by Gasteiger charge is -2.25. The standard InChI is InChI=1S/C28H36O8/c1-31-17-3-19-33-23-9-13-25(14-10-23)35-27(29)21-5-7-22(8-6-21)28(30)36-26-15-11-24(12-16-26)34-20-4-18-32-2/h9-16,21-22H,3-8,17-20H2,1-2H3/t21-,22-. The Bertz CT molecular complexity index is 840. The van der Waals surface area contributed by atoms with Gasteiger partial charge in [-0.1, -0.05) is 0 Å². The Morgan fingerprint density at radius 2 is 0.917 bits per heavy atom. The first-order valence-corrected chi connectivity index (χ1v) is 12.5. The molecule has 1 fully saturated rings. The van der Waals surface area contributed by atoms with Gasteiger partial charge in [-0.2, -0.15) is 0 Å². The van der Waals surface area contributed by atoms with Gasteiger partial charge in [0.2, 0.25) is 0 Å². The van der Waals surface area contributed by atoms with Crippen LogP contribution in [-0.2, 0) is 19.1 Å². The van der Waals surface area contributed by atoms with E-state index in [0.717, 1.165) is 12.8 Å². The molecule has 2 aromatic carbocycles. The molecule has 2 aromatic rings. The first kappa shape index (κ1) is 27.5. The van der Waals surface area contributed by atoms with Gasteiger partial charge in [-0.25, -0.2) is 0 Å². The summed E-state index contributed by atoms with van der Waals surface area (Å²) in [4.78, 5) is 25.2. The number of carbonyl (C=O) groups excluding carboxylic acids is 2. The monoisotopic (exact) mass is 500 g/mol. The lowest BCUT2D eigenvalue weighted by molar-refractivity contribution is -0.145. The molecule has 196 valence electrons. The second-order valence-corrected chi connectivity index (χ2v) is 8.72. The van der Waals surface area contributed by atoms with Gasteiger partial charge in [0.25, 0.3) is 0 Å². The normalized spacial score (nSPS) is 17.3. The summed E-state index contributed by atoms with van der Waals surface area (Å²) in [5, 5.41) is 0. The minimum absolute atomic E-state index is 0.228. The third-order valence-electron chi connectivity index (χ3n) is 6.00. The molecule has 1 saturated carbocycles. The van der Waals surface area contributed by atoms with Crippen LogP contribution in [0.25, 0.3) is 0 Å². The van der Waals surface area contributed by atoms with Crippen molar-refractivity contribution in [3.8, 4) is 23.0 Å². The quantitative estimate of drug-likeness (QED) is 0.207. The largest absolute Gasteiger partial charge is 0.494 e. The van der Waals surface area contributed by atoms with E-state index in [1.54, 1.807) is 62.8 Å². The van der Waals surface area contributed by atoms with Gasteiger partial charge in [0, 0.05) is 40.3 Å². The van der Waals surface area contributed by atoms with Crippen molar-refractivity contribution in [3.63, 3.8) is 0 Å². The fourth-order valence-electron chi connectivity index (χ4n) is 3.96. The second kappa shape index (κ2) is 15.1. The topological polar surface area (TPSA) is 89.5 Å². The van der Waals surface area contributed by atoms with E-state index in [1.165, 1.54) is 0 Å². The SMILES string of the molecule is COCCCOc1ccc(OC(=O)[C@H]2CC[C@H](C(=O)Oc3ccc(OCCCOC)cc3)CC2)cc1. The maximum absolute atomic E-state index is 12.6. The second-order valence-electron chi connectivity index (χ2n) is 8.72. The van der Waals surface area contributed by atoms with Crippen molar-refractivity contribution in [1.82, 2.24) is 0 Å². The van der Waals surface area contributed by atoms with Gasteiger partial charge >= 0.3 is 11.9 Å². The van der Waals surface area contributed by atoms with E-state index in [-0.39, 0.29) is 23.8 Å². The lowest BCUT2D eigenvalue weighted by atomic mass is 9.82. The summed E-state index contributed by atoms with van der Waals surface area (Å²) >= 11 is 0. The molecule has 0 bridgehead atoms. The molecule has 8 heteroatoms. The minimum Gasteiger partial charge on any atom is -0.494 e. The van der Waals surface area contributed by atoms with Gasteiger partial charge in [0.05, 0.1) is 25.0 Å². The van der Waals surface area contributed by atoms with Crippen LogP contribution in [0.4, 0.5) is 0 Å². The van der Waals surface area contributed by atoms with Crippen molar-refractivity contribution in [2.24, 2.45) is 11.8 Å². The van der Waals surface area contributed by atoms with Crippen molar-refractivity contribution in [3.05, 3.63) is 48.5 Å². The summed E-state index contributed by atoms with van der Waals surface area (Å²) in [6.45, 7) is 2.42. The van der Waals surface area contributed by atoms with Crippen LogP contribution >= 0.6 is 0 Å². The van der Waals surface area contributed by atoms with Gasteiger partial charge in [0.1, 0.15) is 23.0 Å². The van der Waals surface area contributed by atoms with E-state index in [0.29, 0.717) is 75.1 Å². The Kier molecular flexibility index (Phi) is 11.5. The van der Waals surface area contributed by atoms with Gasteiger partial charge in [-0.05, 0) is 74.2 Å². The number of methoxy groups -OCH3 is 2. The molecule has 0 atom stereocenters. The molecule has 3 rings (SSSR count). The average Bonchev–Trinajstić information content (AvgIpc) is 2.91. The van der Waals surface area contributed by atoms with E-state index in [1.807, 2.05) is 0 Å². The number of hydrogen-bond donors (Lipinski definition) is 0. The van der Waals surface area contributed by atoms with E-state index in [2.05, 4.69) is 0 Å². The molecule has 0 N–H and O–H groups in total. The molecule has 0 aromatic heterocycles. The zero-order chi connectivity index (χ0) is 25.6. The van der Waals surface area contributed by atoms with Crippen LogP contribution in [0, 0.1) is 11.8 Å². The molecular weight excluding hydrogens is 464 g/mol. The molecule has 0 spiro atoms. The number of ether oxygens (including phenoxy) is 6. The van der Waals surface area contributed by atoms with E-state index in [9.17, 15) is 9.59 Å². The Balaban J connectivity index is 1.37. The smallest absolute Gasteiger partial charge is 0.314 e. The molecule has 0 saturated heterocycles. The minimum atomic E-state index is -0.267. The van der Waals surface area contributed by atoms with Crippen molar-refractivity contribution < 1.29 is 38.0 Å². The summed E-state index contributed by atoms with van der Waals surface area (Å²) in [6, 6.07) is 14.0. The maximum atomic E-state index is 12.6. The van der Waals surface area contributed by atoms with E-state index in [4.69, 9.17) is 28.4 Å². The van der Waals surface area contributed by atoms with Crippen LogP contribution in [0.1, 0.15) is 38.5 Å². The maximum Gasteiger partial charge on any atom is 0.314 e. The number of benzene rings is 2. The van der Waals surface area contributed by atoms with Crippen LogP contribution in [0.15, 0.2) is 48.5 Å². The molecule has 0 radical (unpaired) electrons. The highest BCUT2D eigenvalue weighted by Gasteiger charge is 2.32. The van der Waals surface area contributed by atoms with Crippen LogP contribution in [0.3, 0.4) is 0 Å². The van der Waals surface area contributed by atoms with Crippen molar-refractivity contribution in [1.29, 1.82) is 0 Å². The van der Waals surface area contributed by atoms with Gasteiger partial charge in [0.15, 0.2) is 0 Å². The van der Waals surface area contributed by atoms with Crippen molar-refractivity contribution in [2.45, 2.75) is 38.5 Å². The molecule has 0 amide bonds. The fraction of sp³-hybridized carbons (Fsp3) is 0.500. The van der Waals surface area contributed by atoms with Crippen LogP contribution in [-0.4, -0.2) is 52.6 Å². The molecule has 0 heterocycles. The van der Waals surface area contributed by atoms with Crippen LogP contribution in [0.5, 0.6) is 23.0 Å². The Morgan fingerprint density at radius 3 is 1.25 bits per heavy atom. The fourth-order valence-corrected chi connectivity index (χ4v) is 3.96. The molecule has 0 unspecified atom stereocenters. The molecular formula is C28H36O8. The summed E-state index contributed by atoms with van der Waals surface area (Å²) < 4.78 is 32.3. The highest BCUT2D eigenvalue weighted by atomic mass is 16.5. The number of carbonyl (C=O) groups is 2. The number of esters is 2. The molecule has 8 nitrogen and oxygen atoms in total. The third kappa shape index (κ3) is 9.17.